The van der Waals surface area contributed by atoms with E-state index in [0.717, 1.165) is 16.7 Å². The molecule has 0 aliphatic carbocycles. The Hall–Kier alpha value is -3.81. The summed E-state index contributed by atoms with van der Waals surface area (Å²) in [6.45, 7) is 1.64. The zero-order valence-corrected chi connectivity index (χ0v) is 20.7. The fourth-order valence-corrected chi connectivity index (χ4v) is 4.62. The average molecular weight is 501 g/mol. The third-order valence-corrected chi connectivity index (χ3v) is 6.66. The van der Waals surface area contributed by atoms with Gasteiger partial charge in [0.15, 0.2) is 0 Å². The highest BCUT2D eigenvalue weighted by atomic mass is 19.1. The van der Waals surface area contributed by atoms with Crippen molar-refractivity contribution in [1.29, 1.82) is 0 Å². The van der Waals surface area contributed by atoms with Gasteiger partial charge in [0.05, 0.1) is 6.04 Å². The molecular weight excluding hydrogens is 467 g/mol. The van der Waals surface area contributed by atoms with E-state index < -0.39 is 6.04 Å². The lowest BCUT2D eigenvalue weighted by molar-refractivity contribution is -0.132. The highest BCUT2D eigenvalue weighted by Gasteiger charge is 2.32. The predicted octanol–water partition coefficient (Wildman–Crippen LogP) is 3.31. The van der Waals surface area contributed by atoms with E-state index in [1.807, 2.05) is 41.3 Å². The van der Waals surface area contributed by atoms with E-state index in [1.54, 1.807) is 18.2 Å². The quantitative estimate of drug-likeness (QED) is 0.394. The molecule has 1 fully saturated rings. The van der Waals surface area contributed by atoms with Gasteiger partial charge in [0.1, 0.15) is 5.82 Å². The van der Waals surface area contributed by atoms with Crippen LogP contribution in [0.15, 0.2) is 91.0 Å². The van der Waals surface area contributed by atoms with Crippen LogP contribution in [0.25, 0.3) is 6.08 Å². The zero-order chi connectivity index (χ0) is 26.0. The molecule has 1 aliphatic rings. The number of nitrogens with two attached hydrogens (primary N) is 1. The van der Waals surface area contributed by atoms with Crippen molar-refractivity contribution in [3.8, 4) is 0 Å². The predicted molar refractivity (Wildman–Crippen MR) is 144 cm³/mol. The van der Waals surface area contributed by atoms with E-state index in [2.05, 4.69) is 34.9 Å². The Kier molecular flexibility index (Phi) is 9.18. The number of hydrogen-bond donors (Lipinski definition) is 3. The Morgan fingerprint density at radius 2 is 1.65 bits per heavy atom. The van der Waals surface area contributed by atoms with Crippen molar-refractivity contribution in [2.75, 3.05) is 26.2 Å². The molecule has 2 atom stereocenters. The lowest BCUT2D eigenvalue weighted by Crippen LogP contribution is -2.52. The molecule has 2 amide bonds. The van der Waals surface area contributed by atoms with Crippen LogP contribution in [0.5, 0.6) is 0 Å². The molecule has 4 N–H and O–H groups in total. The maximum atomic E-state index is 13.4. The SMILES string of the molecule is NC[C@@H]1N[C@H](CNC(=O)C=Cc2ccc(F)cc2)CCN(CC(c2ccccc2)c2ccccc2)C1=O. The molecule has 1 heterocycles. The monoisotopic (exact) mass is 500 g/mol. The minimum Gasteiger partial charge on any atom is -0.351 e. The van der Waals surface area contributed by atoms with Crippen LogP contribution in [0, 0.1) is 5.82 Å². The minimum absolute atomic E-state index is 0.0237. The molecule has 0 aromatic heterocycles. The number of hydrogen-bond acceptors (Lipinski definition) is 4. The van der Waals surface area contributed by atoms with Crippen LogP contribution in [-0.4, -0.2) is 55.0 Å². The molecule has 4 rings (SSSR count). The molecule has 7 heteroatoms. The minimum atomic E-state index is -0.522. The van der Waals surface area contributed by atoms with Crippen molar-refractivity contribution >= 4 is 17.9 Å². The standard InChI is InChI=1S/C30H33FN4O2/c31-25-14-11-22(12-15-25)13-16-29(36)33-20-26-17-18-35(30(37)28(19-32)34-26)21-27(23-7-3-1-4-8-23)24-9-5-2-6-10-24/h1-16,26-28,34H,17-21,32H2,(H,33,36)/t26-,28-/m0/s1. The first-order chi connectivity index (χ1) is 18.0. The Morgan fingerprint density at radius 1 is 1.03 bits per heavy atom. The third-order valence-electron chi connectivity index (χ3n) is 6.66. The summed E-state index contributed by atoms with van der Waals surface area (Å²) >= 11 is 0. The molecule has 0 bridgehead atoms. The lowest BCUT2D eigenvalue weighted by Gasteiger charge is -2.29. The number of amides is 2. The first-order valence-electron chi connectivity index (χ1n) is 12.6. The topological polar surface area (TPSA) is 87.5 Å². The summed E-state index contributed by atoms with van der Waals surface area (Å²) < 4.78 is 13.1. The number of carbonyl (C=O) groups excluding carboxylic acids is 2. The summed E-state index contributed by atoms with van der Waals surface area (Å²) in [4.78, 5) is 27.6. The molecule has 37 heavy (non-hydrogen) atoms. The highest BCUT2D eigenvalue weighted by molar-refractivity contribution is 5.91. The van der Waals surface area contributed by atoms with E-state index in [9.17, 15) is 14.0 Å². The Morgan fingerprint density at radius 3 is 2.24 bits per heavy atom. The maximum absolute atomic E-state index is 13.4. The molecule has 0 spiro atoms. The van der Waals surface area contributed by atoms with Gasteiger partial charge < -0.3 is 21.3 Å². The van der Waals surface area contributed by atoms with Crippen LogP contribution in [0.3, 0.4) is 0 Å². The molecule has 1 saturated heterocycles. The fourth-order valence-electron chi connectivity index (χ4n) is 4.62. The zero-order valence-electron chi connectivity index (χ0n) is 20.7. The number of nitrogens with zero attached hydrogens (tertiary/aromatic N) is 1. The normalized spacial score (nSPS) is 18.2. The summed E-state index contributed by atoms with van der Waals surface area (Å²) in [5.41, 5.74) is 9.03. The van der Waals surface area contributed by atoms with Crippen LogP contribution in [0.2, 0.25) is 0 Å². The number of carbonyl (C=O) groups is 2. The first-order valence-corrected chi connectivity index (χ1v) is 12.6. The van der Waals surface area contributed by atoms with Crippen LogP contribution < -0.4 is 16.4 Å². The summed E-state index contributed by atoms with van der Waals surface area (Å²) in [5, 5.41) is 6.23. The molecule has 6 nitrogen and oxygen atoms in total. The van der Waals surface area contributed by atoms with Crippen molar-refractivity contribution < 1.29 is 14.0 Å². The van der Waals surface area contributed by atoms with E-state index >= 15 is 0 Å². The van der Waals surface area contributed by atoms with E-state index in [1.165, 1.54) is 18.2 Å². The van der Waals surface area contributed by atoms with Gasteiger partial charge in [-0.15, -0.1) is 0 Å². The molecule has 0 unspecified atom stereocenters. The number of rotatable bonds is 9. The van der Waals surface area contributed by atoms with Gasteiger partial charge in [-0.1, -0.05) is 72.8 Å². The van der Waals surface area contributed by atoms with E-state index in [0.29, 0.717) is 26.1 Å². The molecule has 3 aromatic carbocycles. The highest BCUT2D eigenvalue weighted by Crippen LogP contribution is 2.26. The number of halogens is 1. The third kappa shape index (κ3) is 7.35. The average Bonchev–Trinajstić information content (AvgIpc) is 3.09. The van der Waals surface area contributed by atoms with Crippen molar-refractivity contribution in [3.63, 3.8) is 0 Å². The van der Waals surface area contributed by atoms with Gasteiger partial charge in [0, 0.05) is 44.2 Å². The van der Waals surface area contributed by atoms with Crippen LogP contribution >= 0.6 is 0 Å². The second kappa shape index (κ2) is 12.9. The summed E-state index contributed by atoms with van der Waals surface area (Å²) in [6, 6.07) is 25.7. The number of nitrogens with one attached hydrogen (secondary N) is 2. The summed E-state index contributed by atoms with van der Waals surface area (Å²) in [7, 11) is 0. The van der Waals surface area contributed by atoms with Crippen molar-refractivity contribution in [2.24, 2.45) is 5.73 Å². The van der Waals surface area contributed by atoms with Crippen LogP contribution in [0.1, 0.15) is 29.0 Å². The molecule has 1 aliphatic heterocycles. The van der Waals surface area contributed by atoms with Crippen LogP contribution in [-0.2, 0) is 9.59 Å². The van der Waals surface area contributed by atoms with Crippen molar-refractivity contribution in [1.82, 2.24) is 15.5 Å². The Balaban J connectivity index is 1.40. The second-order valence-corrected chi connectivity index (χ2v) is 9.23. The van der Waals surface area contributed by atoms with Gasteiger partial charge in [-0.3, -0.25) is 9.59 Å². The first kappa shape index (κ1) is 26.3. The molecule has 192 valence electrons. The van der Waals surface area contributed by atoms with Gasteiger partial charge >= 0.3 is 0 Å². The largest absolute Gasteiger partial charge is 0.351 e. The van der Waals surface area contributed by atoms with E-state index in [-0.39, 0.29) is 36.1 Å². The van der Waals surface area contributed by atoms with Crippen molar-refractivity contribution in [2.45, 2.75) is 24.4 Å². The van der Waals surface area contributed by atoms with Gasteiger partial charge in [-0.25, -0.2) is 4.39 Å². The molecular formula is C30H33FN4O2. The molecule has 3 aromatic rings. The second-order valence-electron chi connectivity index (χ2n) is 9.23. The van der Waals surface area contributed by atoms with Gasteiger partial charge in [0.25, 0.3) is 0 Å². The van der Waals surface area contributed by atoms with Gasteiger partial charge in [-0.05, 0) is 41.3 Å². The Bertz CT molecular complexity index is 1150. The van der Waals surface area contributed by atoms with E-state index in [4.69, 9.17) is 5.73 Å². The van der Waals surface area contributed by atoms with Gasteiger partial charge in [-0.2, -0.15) is 0 Å². The molecule has 0 saturated carbocycles. The van der Waals surface area contributed by atoms with Crippen molar-refractivity contribution in [3.05, 3.63) is 114 Å². The number of benzene rings is 3. The van der Waals surface area contributed by atoms with Crippen LogP contribution in [0.4, 0.5) is 4.39 Å². The fraction of sp³-hybridized carbons (Fsp3) is 0.267. The summed E-state index contributed by atoms with van der Waals surface area (Å²) in [5.74, 6) is -0.559. The maximum Gasteiger partial charge on any atom is 0.244 e. The molecule has 0 radical (unpaired) electrons. The smallest absolute Gasteiger partial charge is 0.244 e. The summed E-state index contributed by atoms with van der Waals surface area (Å²) in [6.07, 6.45) is 3.74. The Labute approximate surface area is 217 Å². The van der Waals surface area contributed by atoms with Gasteiger partial charge in [0.2, 0.25) is 11.8 Å². The lowest BCUT2D eigenvalue weighted by atomic mass is 9.90.